The molecule has 7 heteroatoms. The van der Waals surface area contributed by atoms with Crippen LogP contribution < -0.4 is 5.73 Å². The summed E-state index contributed by atoms with van der Waals surface area (Å²) in [6, 6.07) is 15.2. The summed E-state index contributed by atoms with van der Waals surface area (Å²) < 4.78 is 1.61. The van der Waals surface area contributed by atoms with Gasteiger partial charge in [0.05, 0.1) is 5.52 Å². The first-order chi connectivity index (χ1) is 9.83. The van der Waals surface area contributed by atoms with Crippen LogP contribution in [0.2, 0.25) is 0 Å². The zero-order valence-corrected chi connectivity index (χ0v) is 10.5. The normalized spacial score (nSPS) is 13.1. The molecule has 1 atom stereocenters. The van der Waals surface area contributed by atoms with E-state index in [4.69, 9.17) is 5.73 Å². The topological polar surface area (TPSA) is 87.4 Å². The average molecular weight is 265 g/mol. The van der Waals surface area contributed by atoms with Gasteiger partial charge in [-0.05, 0) is 24.3 Å². The lowest BCUT2D eigenvalue weighted by Crippen LogP contribution is -2.29. The predicted octanol–water partition coefficient (Wildman–Crippen LogP) is 1.14. The number of nitrogens with two attached hydrogens (primary N) is 1. The summed E-state index contributed by atoms with van der Waals surface area (Å²) in [5.74, 6) is 0. The standard InChI is InChI=1S/C13H11N7/c14-13(19-12-8-4-3-7-11(12)15-18-19)20-16-9-5-1-2-6-10(9)17-20/h1-8,13H,14H2. The van der Waals surface area contributed by atoms with Crippen LogP contribution in [0.5, 0.6) is 0 Å². The molecule has 4 rings (SSSR count). The molecule has 98 valence electrons. The molecule has 0 bridgehead atoms. The van der Waals surface area contributed by atoms with Crippen molar-refractivity contribution >= 4 is 22.1 Å². The summed E-state index contributed by atoms with van der Waals surface area (Å²) in [5, 5.41) is 16.9. The molecule has 0 aliphatic carbocycles. The minimum Gasteiger partial charge on any atom is -0.289 e. The highest BCUT2D eigenvalue weighted by atomic mass is 15.6. The minimum absolute atomic E-state index is 0.630. The monoisotopic (exact) mass is 265 g/mol. The molecule has 2 aromatic heterocycles. The van der Waals surface area contributed by atoms with E-state index in [-0.39, 0.29) is 0 Å². The molecular weight excluding hydrogens is 254 g/mol. The molecule has 0 fully saturated rings. The second-order valence-corrected chi connectivity index (χ2v) is 4.45. The Labute approximate surface area is 113 Å². The van der Waals surface area contributed by atoms with Crippen LogP contribution in [0.1, 0.15) is 6.29 Å². The molecular formula is C13H11N7. The van der Waals surface area contributed by atoms with Gasteiger partial charge >= 0.3 is 0 Å². The van der Waals surface area contributed by atoms with E-state index in [9.17, 15) is 0 Å². The van der Waals surface area contributed by atoms with E-state index in [1.807, 2.05) is 48.5 Å². The lowest BCUT2D eigenvalue weighted by atomic mass is 10.3. The Bertz CT molecular complexity index is 859. The summed E-state index contributed by atoms with van der Waals surface area (Å²) in [6.07, 6.45) is -0.630. The second-order valence-electron chi connectivity index (χ2n) is 4.45. The zero-order chi connectivity index (χ0) is 13.5. The van der Waals surface area contributed by atoms with Gasteiger partial charge < -0.3 is 0 Å². The molecule has 0 saturated heterocycles. The number of para-hydroxylation sites is 1. The van der Waals surface area contributed by atoms with Crippen molar-refractivity contribution in [2.75, 3.05) is 0 Å². The van der Waals surface area contributed by atoms with Crippen LogP contribution in [0, 0.1) is 0 Å². The van der Waals surface area contributed by atoms with Crippen LogP contribution >= 0.6 is 0 Å². The third-order valence-electron chi connectivity index (χ3n) is 3.17. The number of nitrogens with zero attached hydrogens (tertiary/aromatic N) is 6. The van der Waals surface area contributed by atoms with E-state index in [1.165, 1.54) is 4.80 Å². The summed E-state index contributed by atoms with van der Waals surface area (Å²) in [7, 11) is 0. The SMILES string of the molecule is NC(n1nc2ccccc2n1)n1nnc2ccccc21. The maximum Gasteiger partial charge on any atom is 0.215 e. The van der Waals surface area contributed by atoms with Crippen LogP contribution in [0.15, 0.2) is 48.5 Å². The number of rotatable bonds is 2. The molecule has 0 amide bonds. The molecule has 0 spiro atoms. The van der Waals surface area contributed by atoms with Crippen molar-refractivity contribution in [3.8, 4) is 0 Å². The molecule has 7 nitrogen and oxygen atoms in total. The fraction of sp³-hybridized carbons (Fsp3) is 0.0769. The first-order valence-corrected chi connectivity index (χ1v) is 6.20. The van der Waals surface area contributed by atoms with Gasteiger partial charge in [-0.15, -0.1) is 20.1 Å². The molecule has 2 aromatic carbocycles. The Morgan fingerprint density at radius 2 is 1.45 bits per heavy atom. The molecule has 0 aliphatic rings. The van der Waals surface area contributed by atoms with E-state index >= 15 is 0 Å². The van der Waals surface area contributed by atoms with Crippen LogP contribution in [-0.2, 0) is 0 Å². The third kappa shape index (κ3) is 1.57. The first kappa shape index (κ1) is 11.1. The fourth-order valence-corrected chi connectivity index (χ4v) is 2.17. The lowest BCUT2D eigenvalue weighted by Gasteiger charge is -2.10. The summed E-state index contributed by atoms with van der Waals surface area (Å²) >= 11 is 0. The largest absolute Gasteiger partial charge is 0.289 e. The number of hydrogen-bond donors (Lipinski definition) is 1. The van der Waals surface area contributed by atoms with E-state index in [2.05, 4.69) is 20.5 Å². The van der Waals surface area contributed by atoms with Gasteiger partial charge in [0.2, 0.25) is 6.29 Å². The van der Waals surface area contributed by atoms with E-state index in [1.54, 1.807) is 4.68 Å². The lowest BCUT2D eigenvalue weighted by molar-refractivity contribution is 0.340. The highest BCUT2D eigenvalue weighted by Gasteiger charge is 2.15. The molecule has 2 N–H and O–H groups in total. The van der Waals surface area contributed by atoms with Crippen LogP contribution in [-0.4, -0.2) is 30.0 Å². The highest BCUT2D eigenvalue weighted by molar-refractivity contribution is 5.74. The van der Waals surface area contributed by atoms with Crippen molar-refractivity contribution in [3.05, 3.63) is 48.5 Å². The Kier molecular flexibility index (Phi) is 2.27. The summed E-state index contributed by atoms with van der Waals surface area (Å²) in [5.41, 5.74) is 9.43. The van der Waals surface area contributed by atoms with Gasteiger partial charge in [0, 0.05) is 0 Å². The highest BCUT2D eigenvalue weighted by Crippen LogP contribution is 2.15. The van der Waals surface area contributed by atoms with Gasteiger partial charge in [-0.2, -0.15) is 0 Å². The quantitative estimate of drug-likeness (QED) is 0.587. The van der Waals surface area contributed by atoms with Gasteiger partial charge in [-0.25, -0.2) is 4.68 Å². The Balaban J connectivity index is 1.85. The average Bonchev–Trinajstić information content (AvgIpc) is 3.10. The summed E-state index contributed by atoms with van der Waals surface area (Å²) in [6.45, 7) is 0. The van der Waals surface area contributed by atoms with Crippen LogP contribution in [0.25, 0.3) is 22.1 Å². The van der Waals surface area contributed by atoms with Crippen molar-refractivity contribution in [3.63, 3.8) is 0 Å². The minimum atomic E-state index is -0.630. The van der Waals surface area contributed by atoms with Crippen molar-refractivity contribution < 1.29 is 0 Å². The van der Waals surface area contributed by atoms with Crippen LogP contribution in [0.3, 0.4) is 0 Å². The summed E-state index contributed by atoms with van der Waals surface area (Å²) in [4.78, 5) is 1.45. The van der Waals surface area contributed by atoms with Crippen molar-refractivity contribution in [1.82, 2.24) is 30.0 Å². The van der Waals surface area contributed by atoms with E-state index in [0.29, 0.717) is 0 Å². The number of benzene rings is 2. The van der Waals surface area contributed by atoms with Crippen LogP contribution in [0.4, 0.5) is 0 Å². The van der Waals surface area contributed by atoms with Crippen molar-refractivity contribution in [2.45, 2.75) is 6.29 Å². The molecule has 0 radical (unpaired) electrons. The van der Waals surface area contributed by atoms with Gasteiger partial charge in [0.1, 0.15) is 16.6 Å². The van der Waals surface area contributed by atoms with Crippen molar-refractivity contribution in [1.29, 1.82) is 0 Å². The fourth-order valence-electron chi connectivity index (χ4n) is 2.17. The molecule has 2 heterocycles. The Hall–Kier alpha value is -2.80. The molecule has 4 aromatic rings. The maximum atomic E-state index is 6.19. The Morgan fingerprint density at radius 1 is 0.850 bits per heavy atom. The molecule has 0 saturated carbocycles. The molecule has 1 unspecified atom stereocenters. The van der Waals surface area contributed by atoms with E-state index < -0.39 is 6.29 Å². The van der Waals surface area contributed by atoms with Gasteiger partial charge in [-0.1, -0.05) is 29.5 Å². The number of hydrogen-bond acceptors (Lipinski definition) is 5. The van der Waals surface area contributed by atoms with Crippen molar-refractivity contribution in [2.24, 2.45) is 5.73 Å². The first-order valence-electron chi connectivity index (χ1n) is 6.20. The number of aromatic nitrogens is 6. The maximum absolute atomic E-state index is 6.19. The third-order valence-corrected chi connectivity index (χ3v) is 3.17. The zero-order valence-electron chi connectivity index (χ0n) is 10.5. The predicted molar refractivity (Wildman–Crippen MR) is 73.7 cm³/mol. The van der Waals surface area contributed by atoms with E-state index in [0.717, 1.165) is 22.1 Å². The second kappa shape index (κ2) is 4.10. The van der Waals surface area contributed by atoms with Gasteiger partial charge in [-0.3, -0.25) is 5.73 Å². The smallest absolute Gasteiger partial charge is 0.215 e. The van der Waals surface area contributed by atoms with Gasteiger partial charge in [0.15, 0.2) is 0 Å². The molecule has 0 aliphatic heterocycles. The number of fused-ring (bicyclic) bond motifs is 2. The molecule has 20 heavy (non-hydrogen) atoms. The van der Waals surface area contributed by atoms with Gasteiger partial charge in [0.25, 0.3) is 0 Å². The Morgan fingerprint density at radius 3 is 2.15 bits per heavy atom.